The minimum Gasteiger partial charge on any atom is -0.476 e. The third kappa shape index (κ3) is 2.59. The van der Waals surface area contributed by atoms with Gasteiger partial charge >= 0.3 is 5.69 Å². The number of nitrogens with zero attached hydrogens (tertiary/aromatic N) is 4. The molecule has 2 rings (SSSR count). The normalized spacial score (nSPS) is 11.9. The molecule has 1 unspecified atom stereocenters. The van der Waals surface area contributed by atoms with Crippen molar-refractivity contribution in [2.45, 2.75) is 13.0 Å². The molecule has 0 radical (unpaired) electrons. The van der Waals surface area contributed by atoms with Crippen molar-refractivity contribution in [2.24, 2.45) is 0 Å². The van der Waals surface area contributed by atoms with Crippen LogP contribution in [0.2, 0.25) is 0 Å². The molecule has 100 valence electrons. The second-order valence-electron chi connectivity index (χ2n) is 3.68. The number of imidazole rings is 1. The molecular weight excluding hydrogens is 252 g/mol. The minimum atomic E-state index is -0.587. The number of hydrogen-bond donors (Lipinski definition) is 2. The number of hydrogen-bond acceptors (Lipinski definition) is 7. The molecule has 9 heteroatoms. The summed E-state index contributed by atoms with van der Waals surface area (Å²) < 4.78 is 4.86. The lowest BCUT2D eigenvalue weighted by Gasteiger charge is -2.12. The quantitative estimate of drug-likeness (QED) is 0.616. The van der Waals surface area contributed by atoms with Crippen LogP contribution in [0.15, 0.2) is 18.7 Å². The van der Waals surface area contributed by atoms with Crippen LogP contribution in [0, 0.1) is 10.1 Å². The fourth-order valence-electron chi connectivity index (χ4n) is 1.57. The van der Waals surface area contributed by atoms with Crippen LogP contribution in [0.1, 0.15) is 18.8 Å². The zero-order valence-corrected chi connectivity index (χ0v) is 10.3. The van der Waals surface area contributed by atoms with Gasteiger partial charge in [-0.25, -0.2) is 9.97 Å². The first-order valence-electron chi connectivity index (χ1n) is 5.42. The summed E-state index contributed by atoms with van der Waals surface area (Å²) in [6.07, 6.45) is 4.47. The van der Waals surface area contributed by atoms with Crippen LogP contribution in [-0.4, -0.2) is 32.0 Å². The Morgan fingerprint density at radius 3 is 2.84 bits per heavy atom. The molecule has 0 aromatic carbocycles. The van der Waals surface area contributed by atoms with Gasteiger partial charge in [0.2, 0.25) is 5.82 Å². The van der Waals surface area contributed by atoms with E-state index in [9.17, 15) is 10.1 Å². The van der Waals surface area contributed by atoms with Crippen LogP contribution in [0.5, 0.6) is 5.88 Å². The smallest absolute Gasteiger partial charge is 0.372 e. The summed E-state index contributed by atoms with van der Waals surface area (Å²) in [5, 5.41) is 14.0. The lowest BCUT2D eigenvalue weighted by atomic mass is 10.3. The van der Waals surface area contributed by atoms with Crippen LogP contribution in [-0.2, 0) is 0 Å². The number of nitro groups is 1. The molecule has 0 aliphatic carbocycles. The Labute approximate surface area is 108 Å². The first-order valence-corrected chi connectivity index (χ1v) is 5.42. The average molecular weight is 264 g/mol. The summed E-state index contributed by atoms with van der Waals surface area (Å²) in [5.41, 5.74) is -0.302. The van der Waals surface area contributed by atoms with Gasteiger partial charge in [-0.05, 0) is 6.92 Å². The van der Waals surface area contributed by atoms with Crippen molar-refractivity contribution >= 4 is 11.5 Å². The molecule has 0 saturated carbocycles. The number of aromatic nitrogens is 4. The Morgan fingerprint density at radius 2 is 2.26 bits per heavy atom. The van der Waals surface area contributed by atoms with Gasteiger partial charge in [-0.3, -0.25) is 10.1 Å². The molecule has 0 saturated heterocycles. The molecule has 0 aliphatic rings. The van der Waals surface area contributed by atoms with Crippen molar-refractivity contribution in [1.82, 2.24) is 19.9 Å². The van der Waals surface area contributed by atoms with Gasteiger partial charge in [-0.2, -0.15) is 4.98 Å². The Hall–Kier alpha value is -2.71. The second-order valence-corrected chi connectivity index (χ2v) is 3.68. The number of rotatable bonds is 5. The van der Waals surface area contributed by atoms with E-state index in [4.69, 9.17) is 4.74 Å². The van der Waals surface area contributed by atoms with E-state index >= 15 is 0 Å². The van der Waals surface area contributed by atoms with Gasteiger partial charge in [-0.15, -0.1) is 0 Å². The first kappa shape index (κ1) is 12.7. The zero-order chi connectivity index (χ0) is 13.8. The average Bonchev–Trinajstić information content (AvgIpc) is 2.92. The standard InChI is InChI=1S/C10H12N6O3/c1-6(8-11-3-4-12-8)15-9-7(16(17)18)10(19-2)14-5-13-9/h3-6H,1-2H3,(H,11,12)(H,13,14,15). The molecule has 1 atom stereocenters. The van der Waals surface area contributed by atoms with Crippen molar-refractivity contribution in [3.05, 3.63) is 34.7 Å². The highest BCUT2D eigenvalue weighted by atomic mass is 16.6. The highest BCUT2D eigenvalue weighted by Crippen LogP contribution is 2.32. The maximum absolute atomic E-state index is 11.1. The molecule has 9 nitrogen and oxygen atoms in total. The fourth-order valence-corrected chi connectivity index (χ4v) is 1.57. The molecule has 0 amide bonds. The lowest BCUT2D eigenvalue weighted by Crippen LogP contribution is -2.12. The summed E-state index contributed by atoms with van der Waals surface area (Å²) in [6, 6.07) is -0.270. The van der Waals surface area contributed by atoms with Gasteiger partial charge in [0.15, 0.2) is 0 Å². The summed E-state index contributed by atoms with van der Waals surface area (Å²) in [5.74, 6) is 0.641. The third-order valence-corrected chi connectivity index (χ3v) is 2.45. The lowest BCUT2D eigenvalue weighted by molar-refractivity contribution is -0.385. The Kier molecular flexibility index (Phi) is 3.55. The maximum Gasteiger partial charge on any atom is 0.372 e. The van der Waals surface area contributed by atoms with E-state index in [2.05, 4.69) is 25.3 Å². The molecule has 2 aromatic rings. The second kappa shape index (κ2) is 5.29. The number of H-pyrrole nitrogens is 1. The minimum absolute atomic E-state index is 0.0840. The Bertz CT molecular complexity index is 571. The molecular formula is C10H12N6O3. The summed E-state index contributed by atoms with van der Waals surface area (Å²) in [6.45, 7) is 1.80. The summed E-state index contributed by atoms with van der Waals surface area (Å²) in [7, 11) is 1.31. The van der Waals surface area contributed by atoms with Crippen LogP contribution in [0.3, 0.4) is 0 Å². The zero-order valence-electron chi connectivity index (χ0n) is 10.3. The summed E-state index contributed by atoms with van der Waals surface area (Å²) in [4.78, 5) is 25.0. The Morgan fingerprint density at radius 1 is 1.47 bits per heavy atom. The van der Waals surface area contributed by atoms with Crippen molar-refractivity contribution in [2.75, 3.05) is 12.4 Å². The number of aromatic amines is 1. The van der Waals surface area contributed by atoms with Gasteiger partial charge in [0.05, 0.1) is 18.1 Å². The van der Waals surface area contributed by atoms with E-state index in [0.29, 0.717) is 5.82 Å². The number of methoxy groups -OCH3 is 1. The van der Waals surface area contributed by atoms with E-state index in [0.717, 1.165) is 0 Å². The number of nitrogens with one attached hydrogen (secondary N) is 2. The molecule has 2 heterocycles. The highest BCUT2D eigenvalue weighted by Gasteiger charge is 2.25. The van der Waals surface area contributed by atoms with Gasteiger partial charge in [0.1, 0.15) is 12.2 Å². The molecule has 0 spiro atoms. The van der Waals surface area contributed by atoms with E-state index in [1.165, 1.54) is 13.4 Å². The van der Waals surface area contributed by atoms with E-state index in [1.807, 2.05) is 0 Å². The van der Waals surface area contributed by atoms with Gasteiger partial charge < -0.3 is 15.0 Å². The van der Waals surface area contributed by atoms with E-state index < -0.39 is 4.92 Å². The van der Waals surface area contributed by atoms with Gasteiger partial charge in [-0.1, -0.05) is 0 Å². The van der Waals surface area contributed by atoms with Gasteiger partial charge in [0.25, 0.3) is 5.88 Å². The predicted molar refractivity (Wildman–Crippen MR) is 65.9 cm³/mol. The van der Waals surface area contributed by atoms with Crippen LogP contribution >= 0.6 is 0 Å². The molecule has 0 aliphatic heterocycles. The molecule has 2 N–H and O–H groups in total. The van der Waals surface area contributed by atoms with Crippen LogP contribution in [0.25, 0.3) is 0 Å². The van der Waals surface area contributed by atoms with Crippen molar-refractivity contribution < 1.29 is 9.66 Å². The summed E-state index contributed by atoms with van der Waals surface area (Å²) >= 11 is 0. The van der Waals surface area contributed by atoms with Gasteiger partial charge in [0, 0.05) is 12.4 Å². The van der Waals surface area contributed by atoms with Crippen LogP contribution in [0.4, 0.5) is 11.5 Å². The monoisotopic (exact) mass is 264 g/mol. The van der Waals surface area contributed by atoms with Crippen molar-refractivity contribution in [3.63, 3.8) is 0 Å². The van der Waals surface area contributed by atoms with E-state index in [1.54, 1.807) is 19.3 Å². The number of ether oxygens (including phenoxy) is 1. The maximum atomic E-state index is 11.1. The van der Waals surface area contributed by atoms with E-state index in [-0.39, 0.29) is 23.4 Å². The molecule has 0 bridgehead atoms. The SMILES string of the molecule is COc1ncnc(NC(C)c2ncc[nH]2)c1[N+](=O)[O-]. The third-order valence-electron chi connectivity index (χ3n) is 2.45. The largest absolute Gasteiger partial charge is 0.476 e. The van der Waals surface area contributed by atoms with Crippen LogP contribution < -0.4 is 10.1 Å². The van der Waals surface area contributed by atoms with Crippen molar-refractivity contribution in [3.8, 4) is 5.88 Å². The first-order chi connectivity index (χ1) is 9.13. The topological polar surface area (TPSA) is 119 Å². The number of anilines is 1. The molecule has 0 fully saturated rings. The Balaban J connectivity index is 2.32. The molecule has 2 aromatic heterocycles. The van der Waals surface area contributed by atoms with Crippen molar-refractivity contribution in [1.29, 1.82) is 0 Å². The highest BCUT2D eigenvalue weighted by molar-refractivity contribution is 5.61. The fraction of sp³-hybridized carbons (Fsp3) is 0.300. The molecule has 19 heavy (non-hydrogen) atoms. The predicted octanol–water partition coefficient (Wildman–Crippen LogP) is 1.29.